The third-order valence-corrected chi connectivity index (χ3v) is 4.79. The monoisotopic (exact) mass is 385 g/mol. The lowest BCUT2D eigenvalue weighted by Gasteiger charge is -2.27. The topological polar surface area (TPSA) is 103 Å². The van der Waals surface area contributed by atoms with Gasteiger partial charge in [0, 0.05) is 12.2 Å². The molecule has 1 atom stereocenters. The molecule has 0 aromatic heterocycles. The molecular formula is C12H8ClF4N3O3S. The lowest BCUT2D eigenvalue weighted by Crippen LogP contribution is -2.49. The Morgan fingerprint density at radius 2 is 1.96 bits per heavy atom. The minimum absolute atomic E-state index is 0.111. The molecule has 0 heterocycles. The first-order valence-electron chi connectivity index (χ1n) is 6.04. The van der Waals surface area contributed by atoms with E-state index in [1.165, 1.54) is 4.72 Å². The number of nitrogens with zero attached hydrogens (tertiary/aromatic N) is 1. The van der Waals surface area contributed by atoms with E-state index in [9.17, 15) is 26.0 Å². The molecule has 0 radical (unpaired) electrons. The van der Waals surface area contributed by atoms with E-state index < -0.39 is 50.0 Å². The number of hydrogen-bond donors (Lipinski definition) is 3. The van der Waals surface area contributed by atoms with Crippen LogP contribution in [0.3, 0.4) is 0 Å². The van der Waals surface area contributed by atoms with Crippen LogP contribution in [0.4, 0.5) is 17.6 Å². The van der Waals surface area contributed by atoms with E-state index in [2.05, 4.69) is 5.16 Å². The van der Waals surface area contributed by atoms with Crippen molar-refractivity contribution in [3.05, 3.63) is 45.9 Å². The van der Waals surface area contributed by atoms with E-state index in [0.29, 0.717) is 0 Å². The first-order valence-corrected chi connectivity index (χ1v) is 7.90. The van der Waals surface area contributed by atoms with Crippen LogP contribution < -0.4 is 4.72 Å². The van der Waals surface area contributed by atoms with Gasteiger partial charge in [0.1, 0.15) is 34.0 Å². The highest BCUT2D eigenvalue weighted by atomic mass is 35.5. The van der Waals surface area contributed by atoms with Gasteiger partial charge in [0.15, 0.2) is 0 Å². The van der Waals surface area contributed by atoms with Gasteiger partial charge in [-0.05, 0) is 12.2 Å². The van der Waals surface area contributed by atoms with E-state index in [4.69, 9.17) is 22.2 Å². The van der Waals surface area contributed by atoms with Crippen LogP contribution in [-0.2, 0) is 10.0 Å². The third kappa shape index (κ3) is 3.28. The molecule has 0 aromatic rings. The van der Waals surface area contributed by atoms with E-state index >= 15 is 0 Å². The van der Waals surface area contributed by atoms with Crippen LogP contribution in [0.25, 0.3) is 0 Å². The predicted octanol–water partition coefficient (Wildman–Crippen LogP) is 2.50. The molecule has 0 aromatic carbocycles. The summed E-state index contributed by atoms with van der Waals surface area (Å²) in [5.41, 5.74) is -1.50. The lowest BCUT2D eigenvalue weighted by molar-refractivity contribution is 0.0215. The molecular weight excluding hydrogens is 378 g/mol. The SMILES string of the molecule is N=C1C(Cl)=CC=C(S(=O)(=O)NC2C(F)=CC(F)=CC2(F)F)/C1=N/O. The Kier molecular flexibility index (Phi) is 4.70. The Morgan fingerprint density at radius 3 is 2.50 bits per heavy atom. The van der Waals surface area contributed by atoms with Crippen molar-refractivity contribution in [3.63, 3.8) is 0 Å². The largest absolute Gasteiger partial charge is 0.410 e. The zero-order chi connectivity index (χ0) is 18.3. The maximum Gasteiger partial charge on any atom is 0.291 e. The number of sulfonamides is 1. The first kappa shape index (κ1) is 18.4. The fourth-order valence-electron chi connectivity index (χ4n) is 1.92. The molecule has 0 bridgehead atoms. The number of nitrogens with one attached hydrogen (secondary N) is 2. The lowest BCUT2D eigenvalue weighted by atomic mass is 10.0. The number of oxime groups is 1. The highest BCUT2D eigenvalue weighted by Gasteiger charge is 2.47. The summed E-state index contributed by atoms with van der Waals surface area (Å²) in [4.78, 5) is -0.877. The predicted molar refractivity (Wildman–Crippen MR) is 78.1 cm³/mol. The van der Waals surface area contributed by atoms with Gasteiger partial charge < -0.3 is 5.21 Å². The Labute approximate surface area is 138 Å². The molecule has 1 unspecified atom stereocenters. The molecule has 0 saturated carbocycles. The van der Waals surface area contributed by atoms with Crippen LogP contribution in [0.5, 0.6) is 0 Å². The molecule has 2 aliphatic rings. The maximum atomic E-state index is 13.7. The standard InChI is InChI=1S/C12H8ClF4N3O3S/c13-6-1-2-8(10(19-21)9(6)18)24(22,23)20-11-7(15)3-5(14)4-12(11,16)17/h1-4,11,18,20-21H/b18-9?,19-10-. The second-order valence-corrected chi connectivity index (χ2v) is 6.75. The zero-order valence-electron chi connectivity index (χ0n) is 11.4. The summed E-state index contributed by atoms with van der Waals surface area (Å²) < 4.78 is 79.6. The minimum Gasteiger partial charge on any atom is -0.410 e. The van der Waals surface area contributed by atoms with Crippen LogP contribution in [0.1, 0.15) is 0 Å². The van der Waals surface area contributed by atoms with Gasteiger partial charge in [0.05, 0.1) is 5.03 Å². The molecule has 130 valence electrons. The fraction of sp³-hybridized carbons (Fsp3) is 0.167. The summed E-state index contributed by atoms with van der Waals surface area (Å²) in [5.74, 6) is -7.48. The molecule has 0 fully saturated rings. The molecule has 0 aliphatic heterocycles. The first-order chi connectivity index (χ1) is 11.0. The van der Waals surface area contributed by atoms with Crippen LogP contribution in [-0.4, -0.2) is 37.0 Å². The molecule has 24 heavy (non-hydrogen) atoms. The van der Waals surface area contributed by atoms with Gasteiger partial charge in [-0.25, -0.2) is 17.2 Å². The average Bonchev–Trinajstić information content (AvgIpc) is 2.45. The molecule has 2 aliphatic carbocycles. The van der Waals surface area contributed by atoms with Crippen molar-refractivity contribution < 1.29 is 31.2 Å². The van der Waals surface area contributed by atoms with Crippen molar-refractivity contribution in [1.29, 1.82) is 5.41 Å². The van der Waals surface area contributed by atoms with Crippen LogP contribution in [0, 0.1) is 5.41 Å². The summed E-state index contributed by atoms with van der Waals surface area (Å²) in [7, 11) is -4.86. The highest BCUT2D eigenvalue weighted by Crippen LogP contribution is 2.34. The number of halogens is 5. The molecule has 12 heteroatoms. The summed E-state index contributed by atoms with van der Waals surface area (Å²) in [5, 5.41) is 18.7. The molecule has 6 nitrogen and oxygen atoms in total. The molecule has 0 spiro atoms. The van der Waals surface area contributed by atoms with Crippen molar-refractivity contribution in [2.75, 3.05) is 0 Å². The number of hydrogen-bond acceptors (Lipinski definition) is 5. The highest BCUT2D eigenvalue weighted by molar-refractivity contribution is 7.94. The van der Waals surface area contributed by atoms with Gasteiger partial charge in [-0.2, -0.15) is 13.5 Å². The molecule has 3 N–H and O–H groups in total. The average molecular weight is 386 g/mol. The van der Waals surface area contributed by atoms with Crippen LogP contribution in [0.2, 0.25) is 0 Å². The van der Waals surface area contributed by atoms with E-state index in [1.807, 2.05) is 0 Å². The van der Waals surface area contributed by atoms with Gasteiger partial charge in [-0.3, -0.25) is 5.41 Å². The van der Waals surface area contributed by atoms with Gasteiger partial charge in [-0.1, -0.05) is 16.8 Å². The van der Waals surface area contributed by atoms with Crippen molar-refractivity contribution >= 4 is 33.0 Å². The smallest absolute Gasteiger partial charge is 0.291 e. The van der Waals surface area contributed by atoms with Crippen molar-refractivity contribution in [2.45, 2.75) is 12.0 Å². The Balaban J connectivity index is 2.43. The van der Waals surface area contributed by atoms with Gasteiger partial charge in [0.2, 0.25) is 10.0 Å². The summed E-state index contributed by atoms with van der Waals surface area (Å²) >= 11 is 5.58. The molecule has 0 saturated heterocycles. The van der Waals surface area contributed by atoms with Gasteiger partial charge >= 0.3 is 0 Å². The third-order valence-electron chi connectivity index (χ3n) is 3.02. The number of allylic oxidation sites excluding steroid dienone is 6. The second-order valence-electron chi connectivity index (χ2n) is 4.66. The summed E-state index contributed by atoms with van der Waals surface area (Å²) in [6, 6.07) is -2.70. The minimum atomic E-state index is -4.86. The Morgan fingerprint density at radius 1 is 1.33 bits per heavy atom. The zero-order valence-corrected chi connectivity index (χ0v) is 13.0. The van der Waals surface area contributed by atoms with Gasteiger partial charge in [-0.15, -0.1) is 0 Å². The van der Waals surface area contributed by atoms with Crippen LogP contribution in [0.15, 0.2) is 51.1 Å². The van der Waals surface area contributed by atoms with Crippen molar-refractivity contribution in [3.8, 4) is 0 Å². The van der Waals surface area contributed by atoms with Crippen molar-refractivity contribution in [2.24, 2.45) is 5.16 Å². The fourth-order valence-corrected chi connectivity index (χ4v) is 3.43. The number of rotatable bonds is 3. The quantitative estimate of drug-likeness (QED) is 0.301. The van der Waals surface area contributed by atoms with Crippen molar-refractivity contribution in [1.82, 2.24) is 4.72 Å². The molecule has 0 amide bonds. The van der Waals surface area contributed by atoms with E-state index in [0.717, 1.165) is 12.2 Å². The normalized spacial score (nSPS) is 25.8. The Bertz CT molecular complexity index is 859. The number of alkyl halides is 2. The summed E-state index contributed by atoms with van der Waals surface area (Å²) in [6.45, 7) is 0. The summed E-state index contributed by atoms with van der Waals surface area (Å²) in [6.07, 6.45) is 1.62. The van der Waals surface area contributed by atoms with E-state index in [-0.39, 0.29) is 17.2 Å². The maximum absolute atomic E-state index is 13.7. The Hall–Kier alpha value is -1.98. The second kappa shape index (κ2) is 6.15. The van der Waals surface area contributed by atoms with Crippen LogP contribution >= 0.6 is 11.6 Å². The molecule has 2 rings (SSSR count). The van der Waals surface area contributed by atoms with Gasteiger partial charge in [0.25, 0.3) is 5.92 Å². The van der Waals surface area contributed by atoms with E-state index in [1.54, 1.807) is 0 Å².